The lowest BCUT2D eigenvalue weighted by atomic mass is 10.2. The van der Waals surface area contributed by atoms with Crippen LogP contribution in [0.4, 0.5) is 5.82 Å². The van der Waals surface area contributed by atoms with E-state index in [1.54, 1.807) is 7.11 Å². The van der Waals surface area contributed by atoms with Crippen LogP contribution in [-0.4, -0.2) is 60.1 Å². The minimum Gasteiger partial charge on any atom is -0.497 e. The lowest BCUT2D eigenvalue weighted by Crippen LogP contribution is -2.54. The van der Waals surface area contributed by atoms with E-state index in [4.69, 9.17) is 9.72 Å². The van der Waals surface area contributed by atoms with Gasteiger partial charge in [0.25, 0.3) is 0 Å². The molecule has 1 atom stereocenters. The maximum atomic E-state index is 12.6. The fraction of sp³-hybridized carbons (Fsp3) is 0.522. The van der Waals surface area contributed by atoms with Crippen molar-refractivity contribution in [1.82, 2.24) is 20.2 Å². The molecule has 1 aliphatic rings. The lowest BCUT2D eigenvalue weighted by Gasteiger charge is -2.38. The van der Waals surface area contributed by atoms with Gasteiger partial charge >= 0.3 is 0 Å². The van der Waals surface area contributed by atoms with Gasteiger partial charge in [-0.15, -0.1) is 0 Å². The Kier molecular flexibility index (Phi) is 7.26. The van der Waals surface area contributed by atoms with E-state index in [1.807, 2.05) is 44.2 Å². The molecule has 0 bridgehead atoms. The van der Waals surface area contributed by atoms with Crippen molar-refractivity contribution in [3.63, 3.8) is 0 Å². The number of carbonyl (C=O) groups excluding carboxylic acids is 1. The number of hydrogen-bond donors (Lipinski definition) is 1. The SMILES string of the molecule is COc1ccc(CNC(=O)C(C)N2CCN(c3cc(C)nc(C(C)C)n3)CC2)cc1. The van der Waals surface area contributed by atoms with Crippen molar-refractivity contribution in [2.75, 3.05) is 38.2 Å². The summed E-state index contributed by atoms with van der Waals surface area (Å²) in [5, 5.41) is 3.05. The van der Waals surface area contributed by atoms with Crippen molar-refractivity contribution in [3.05, 3.63) is 47.4 Å². The van der Waals surface area contributed by atoms with Crippen molar-refractivity contribution in [1.29, 1.82) is 0 Å². The maximum absolute atomic E-state index is 12.6. The summed E-state index contributed by atoms with van der Waals surface area (Å²) in [6.07, 6.45) is 0. The van der Waals surface area contributed by atoms with Crippen LogP contribution in [0.15, 0.2) is 30.3 Å². The zero-order valence-electron chi connectivity index (χ0n) is 18.7. The summed E-state index contributed by atoms with van der Waals surface area (Å²) in [4.78, 5) is 26.5. The highest BCUT2D eigenvalue weighted by Gasteiger charge is 2.26. The molecular formula is C23H33N5O2. The van der Waals surface area contributed by atoms with Crippen LogP contribution in [-0.2, 0) is 11.3 Å². The fourth-order valence-electron chi connectivity index (χ4n) is 3.58. The van der Waals surface area contributed by atoms with Gasteiger partial charge in [0.2, 0.25) is 5.91 Å². The van der Waals surface area contributed by atoms with Crippen LogP contribution >= 0.6 is 0 Å². The number of nitrogens with zero attached hydrogens (tertiary/aromatic N) is 4. The van der Waals surface area contributed by atoms with Gasteiger partial charge in [0.1, 0.15) is 17.4 Å². The van der Waals surface area contributed by atoms with E-state index in [0.29, 0.717) is 12.5 Å². The number of carbonyl (C=O) groups is 1. The van der Waals surface area contributed by atoms with Gasteiger partial charge in [0.05, 0.1) is 13.2 Å². The predicted octanol–water partition coefficient (Wildman–Crippen LogP) is 2.74. The molecule has 7 heteroatoms. The number of nitrogens with one attached hydrogen (secondary N) is 1. The molecule has 162 valence electrons. The number of hydrogen-bond acceptors (Lipinski definition) is 6. The topological polar surface area (TPSA) is 70.6 Å². The lowest BCUT2D eigenvalue weighted by molar-refractivity contribution is -0.126. The molecule has 1 amide bonds. The molecule has 1 fully saturated rings. The standard InChI is InChI=1S/C23H33N5O2/c1-16(2)22-25-17(3)14-21(26-22)28-12-10-27(11-13-28)18(4)23(29)24-15-19-6-8-20(30-5)9-7-19/h6-9,14,16,18H,10-13,15H2,1-5H3,(H,24,29). The molecule has 30 heavy (non-hydrogen) atoms. The van der Waals surface area contributed by atoms with Gasteiger partial charge in [0, 0.05) is 50.4 Å². The van der Waals surface area contributed by atoms with Crippen LogP contribution in [0.25, 0.3) is 0 Å². The zero-order chi connectivity index (χ0) is 21.7. The van der Waals surface area contributed by atoms with E-state index >= 15 is 0 Å². The number of amides is 1. The van der Waals surface area contributed by atoms with E-state index < -0.39 is 0 Å². The second-order valence-electron chi connectivity index (χ2n) is 8.15. The van der Waals surface area contributed by atoms with Gasteiger partial charge in [-0.05, 0) is 31.5 Å². The molecule has 3 rings (SSSR count). The van der Waals surface area contributed by atoms with Crippen molar-refractivity contribution >= 4 is 11.7 Å². The van der Waals surface area contributed by atoms with Gasteiger partial charge in [-0.25, -0.2) is 9.97 Å². The summed E-state index contributed by atoms with van der Waals surface area (Å²) in [5.41, 5.74) is 2.05. The number of ether oxygens (including phenoxy) is 1. The number of aryl methyl sites for hydroxylation is 1. The molecule has 1 aromatic carbocycles. The van der Waals surface area contributed by atoms with Crippen molar-refractivity contribution in [2.24, 2.45) is 0 Å². The Morgan fingerprint density at radius 1 is 1.10 bits per heavy atom. The largest absolute Gasteiger partial charge is 0.497 e. The monoisotopic (exact) mass is 411 g/mol. The van der Waals surface area contributed by atoms with E-state index in [1.165, 1.54) is 0 Å². The molecular weight excluding hydrogens is 378 g/mol. The molecule has 0 saturated carbocycles. The Bertz CT molecular complexity index is 845. The summed E-state index contributed by atoms with van der Waals surface area (Å²) < 4.78 is 5.17. The molecule has 2 aromatic rings. The molecule has 2 heterocycles. The van der Waals surface area contributed by atoms with Gasteiger partial charge in [0.15, 0.2) is 0 Å². The maximum Gasteiger partial charge on any atom is 0.237 e. The van der Waals surface area contributed by atoms with Crippen molar-refractivity contribution in [3.8, 4) is 5.75 Å². The first-order chi connectivity index (χ1) is 14.4. The molecule has 1 aromatic heterocycles. The Hall–Kier alpha value is -2.67. The highest BCUT2D eigenvalue weighted by molar-refractivity contribution is 5.81. The number of piperazine rings is 1. The minimum absolute atomic E-state index is 0.0549. The van der Waals surface area contributed by atoms with E-state index in [-0.39, 0.29) is 11.9 Å². The van der Waals surface area contributed by atoms with E-state index in [2.05, 4.69) is 33.9 Å². The van der Waals surface area contributed by atoms with Crippen LogP contribution < -0.4 is 15.0 Å². The molecule has 0 radical (unpaired) electrons. The smallest absolute Gasteiger partial charge is 0.237 e. The van der Waals surface area contributed by atoms with Gasteiger partial charge in [-0.2, -0.15) is 0 Å². The summed E-state index contributed by atoms with van der Waals surface area (Å²) in [5.74, 6) is 3.05. The third-order valence-electron chi connectivity index (χ3n) is 5.57. The van der Waals surface area contributed by atoms with E-state index in [9.17, 15) is 4.79 Å². The van der Waals surface area contributed by atoms with Crippen molar-refractivity contribution in [2.45, 2.75) is 46.2 Å². The summed E-state index contributed by atoms with van der Waals surface area (Å²) in [7, 11) is 1.65. The second kappa shape index (κ2) is 9.89. The van der Waals surface area contributed by atoms with Crippen LogP contribution in [0.2, 0.25) is 0 Å². The number of methoxy groups -OCH3 is 1. The predicted molar refractivity (Wildman–Crippen MR) is 119 cm³/mol. The number of rotatable bonds is 7. The molecule has 7 nitrogen and oxygen atoms in total. The van der Waals surface area contributed by atoms with Crippen LogP contribution in [0.5, 0.6) is 5.75 Å². The van der Waals surface area contributed by atoms with E-state index in [0.717, 1.165) is 54.8 Å². The summed E-state index contributed by atoms with van der Waals surface area (Å²) in [6, 6.07) is 9.64. The highest BCUT2D eigenvalue weighted by atomic mass is 16.5. The fourth-order valence-corrected chi connectivity index (χ4v) is 3.58. The number of anilines is 1. The van der Waals surface area contributed by atoms with Crippen LogP contribution in [0, 0.1) is 6.92 Å². The Balaban J connectivity index is 1.52. The van der Waals surface area contributed by atoms with Gasteiger partial charge < -0.3 is 15.0 Å². The van der Waals surface area contributed by atoms with Crippen molar-refractivity contribution < 1.29 is 9.53 Å². The molecule has 1 saturated heterocycles. The molecule has 1 unspecified atom stereocenters. The molecule has 0 spiro atoms. The third kappa shape index (κ3) is 5.48. The third-order valence-corrected chi connectivity index (χ3v) is 5.57. The highest BCUT2D eigenvalue weighted by Crippen LogP contribution is 2.19. The summed E-state index contributed by atoms with van der Waals surface area (Å²) >= 11 is 0. The average molecular weight is 412 g/mol. The first kappa shape index (κ1) is 22.0. The first-order valence-corrected chi connectivity index (χ1v) is 10.6. The summed E-state index contributed by atoms with van der Waals surface area (Å²) in [6.45, 7) is 12.1. The second-order valence-corrected chi connectivity index (χ2v) is 8.15. The average Bonchev–Trinajstić information content (AvgIpc) is 2.77. The number of benzene rings is 1. The normalized spacial score (nSPS) is 15.9. The van der Waals surface area contributed by atoms with Crippen LogP contribution in [0.3, 0.4) is 0 Å². The molecule has 1 N–H and O–H groups in total. The van der Waals surface area contributed by atoms with Gasteiger partial charge in [-0.1, -0.05) is 26.0 Å². The Morgan fingerprint density at radius 3 is 2.37 bits per heavy atom. The Morgan fingerprint density at radius 2 is 1.77 bits per heavy atom. The molecule has 1 aliphatic heterocycles. The van der Waals surface area contributed by atoms with Gasteiger partial charge in [-0.3, -0.25) is 9.69 Å². The minimum atomic E-state index is -0.163. The first-order valence-electron chi connectivity index (χ1n) is 10.6. The Labute approximate surface area is 179 Å². The van der Waals surface area contributed by atoms with Crippen LogP contribution in [0.1, 0.15) is 43.8 Å². The molecule has 0 aliphatic carbocycles. The number of aromatic nitrogens is 2. The quantitative estimate of drug-likeness (QED) is 0.756. The zero-order valence-corrected chi connectivity index (χ0v) is 18.7.